The maximum atomic E-state index is 12.7. The molecule has 0 saturated carbocycles. The number of hydrogen-bond donors (Lipinski definition) is 2. The molecule has 0 bridgehead atoms. The molecule has 176 valence electrons. The minimum absolute atomic E-state index is 0.116. The van der Waals surface area contributed by atoms with Crippen LogP contribution in [0.2, 0.25) is 5.02 Å². The molecule has 5 aromatic rings. The lowest BCUT2D eigenvalue weighted by Gasteiger charge is -2.12. The quantitative estimate of drug-likeness (QED) is 0.273. The Balaban J connectivity index is 1.40. The van der Waals surface area contributed by atoms with Gasteiger partial charge in [-0.1, -0.05) is 66.3 Å². The number of aryl methyl sites for hydroxylation is 1. The van der Waals surface area contributed by atoms with Crippen LogP contribution < -0.4 is 10.0 Å². The first-order chi connectivity index (χ1) is 16.9. The standard InChI is InChI=1S/C24H19ClN6O2S2/c1-2-21-27-30-24(34-21)31-35(32,33)18-13-11-17(12-14-18)26-23-20-6-4-3-5-19(20)22(28-29-23)15-7-9-16(25)10-8-15/h3-14H,2H2,1H3,(H,26,29)(H,30,31). The topological polar surface area (TPSA) is 110 Å². The monoisotopic (exact) mass is 522 g/mol. The van der Waals surface area contributed by atoms with E-state index < -0.39 is 10.0 Å². The normalized spacial score (nSPS) is 11.5. The average Bonchev–Trinajstić information content (AvgIpc) is 3.32. The number of anilines is 3. The molecule has 8 nitrogen and oxygen atoms in total. The molecule has 0 aliphatic carbocycles. The number of rotatable bonds is 7. The minimum Gasteiger partial charge on any atom is -0.338 e. The van der Waals surface area contributed by atoms with E-state index in [4.69, 9.17) is 11.6 Å². The van der Waals surface area contributed by atoms with E-state index in [0.717, 1.165) is 27.0 Å². The zero-order valence-electron chi connectivity index (χ0n) is 18.4. The van der Waals surface area contributed by atoms with Gasteiger partial charge in [0.1, 0.15) is 10.7 Å². The van der Waals surface area contributed by atoms with E-state index in [-0.39, 0.29) is 10.0 Å². The fraction of sp³-hybridized carbons (Fsp3) is 0.0833. The van der Waals surface area contributed by atoms with E-state index in [1.165, 1.54) is 23.5 Å². The van der Waals surface area contributed by atoms with Crippen LogP contribution in [0.1, 0.15) is 11.9 Å². The molecule has 35 heavy (non-hydrogen) atoms. The number of hydrogen-bond acceptors (Lipinski definition) is 8. The van der Waals surface area contributed by atoms with Crippen LogP contribution in [-0.4, -0.2) is 28.8 Å². The number of fused-ring (bicyclic) bond motifs is 1. The van der Waals surface area contributed by atoms with Gasteiger partial charge in [0.15, 0.2) is 5.82 Å². The molecule has 2 heterocycles. The Labute approximate surface area is 211 Å². The fourth-order valence-corrected chi connectivity index (χ4v) is 5.52. The number of nitrogens with one attached hydrogen (secondary N) is 2. The van der Waals surface area contributed by atoms with Crippen molar-refractivity contribution in [2.24, 2.45) is 0 Å². The first-order valence-corrected chi connectivity index (χ1v) is 13.3. The molecule has 3 aromatic carbocycles. The van der Waals surface area contributed by atoms with E-state index in [2.05, 4.69) is 30.4 Å². The van der Waals surface area contributed by atoms with Crippen molar-refractivity contribution in [3.05, 3.63) is 82.8 Å². The van der Waals surface area contributed by atoms with Crippen LogP contribution in [0.25, 0.3) is 22.0 Å². The molecule has 0 radical (unpaired) electrons. The van der Waals surface area contributed by atoms with Crippen LogP contribution in [0.4, 0.5) is 16.6 Å². The molecular formula is C24H19ClN6O2S2. The van der Waals surface area contributed by atoms with E-state index in [0.29, 0.717) is 22.9 Å². The maximum Gasteiger partial charge on any atom is 0.263 e. The van der Waals surface area contributed by atoms with Crippen molar-refractivity contribution < 1.29 is 8.42 Å². The number of nitrogens with zero attached hydrogens (tertiary/aromatic N) is 4. The largest absolute Gasteiger partial charge is 0.338 e. The van der Waals surface area contributed by atoms with Gasteiger partial charge in [-0.15, -0.1) is 20.4 Å². The van der Waals surface area contributed by atoms with E-state index in [1.807, 2.05) is 55.5 Å². The molecule has 0 spiro atoms. The molecule has 0 aliphatic rings. The van der Waals surface area contributed by atoms with Crippen LogP contribution in [0, 0.1) is 0 Å². The molecule has 11 heteroatoms. The van der Waals surface area contributed by atoms with Gasteiger partial charge in [0.2, 0.25) is 5.13 Å². The van der Waals surface area contributed by atoms with Gasteiger partial charge < -0.3 is 5.32 Å². The molecule has 2 aromatic heterocycles. The first-order valence-electron chi connectivity index (χ1n) is 10.7. The Morgan fingerprint density at radius 2 is 1.57 bits per heavy atom. The van der Waals surface area contributed by atoms with Crippen LogP contribution in [0.15, 0.2) is 77.7 Å². The van der Waals surface area contributed by atoms with Crippen molar-refractivity contribution in [1.82, 2.24) is 20.4 Å². The highest BCUT2D eigenvalue weighted by molar-refractivity contribution is 7.93. The molecule has 0 saturated heterocycles. The lowest BCUT2D eigenvalue weighted by atomic mass is 10.0. The number of halogens is 1. The Morgan fingerprint density at radius 1 is 0.857 bits per heavy atom. The zero-order valence-corrected chi connectivity index (χ0v) is 20.8. The predicted octanol–water partition coefficient (Wildman–Crippen LogP) is 5.91. The Hall–Kier alpha value is -3.60. The summed E-state index contributed by atoms with van der Waals surface area (Å²) in [6, 6.07) is 21.7. The van der Waals surface area contributed by atoms with Gasteiger partial charge >= 0.3 is 0 Å². The Kier molecular flexibility index (Phi) is 6.33. The summed E-state index contributed by atoms with van der Waals surface area (Å²) < 4.78 is 27.9. The van der Waals surface area contributed by atoms with Gasteiger partial charge in [-0.3, -0.25) is 4.72 Å². The molecule has 0 aliphatic heterocycles. The number of aromatic nitrogens is 4. The van der Waals surface area contributed by atoms with Gasteiger partial charge in [0.05, 0.1) is 4.90 Å². The van der Waals surface area contributed by atoms with Crippen LogP contribution >= 0.6 is 22.9 Å². The summed E-state index contributed by atoms with van der Waals surface area (Å²) in [5.41, 5.74) is 2.33. The second-order valence-electron chi connectivity index (χ2n) is 7.56. The van der Waals surface area contributed by atoms with Crippen molar-refractivity contribution in [3.63, 3.8) is 0 Å². The van der Waals surface area contributed by atoms with Crippen LogP contribution in [0.5, 0.6) is 0 Å². The zero-order chi connectivity index (χ0) is 24.4. The smallest absolute Gasteiger partial charge is 0.263 e. The summed E-state index contributed by atoms with van der Waals surface area (Å²) in [6.07, 6.45) is 0.692. The van der Waals surface area contributed by atoms with Gasteiger partial charge in [0.25, 0.3) is 10.0 Å². The highest BCUT2D eigenvalue weighted by atomic mass is 35.5. The lowest BCUT2D eigenvalue weighted by Crippen LogP contribution is -2.12. The van der Waals surface area contributed by atoms with E-state index in [1.54, 1.807) is 12.1 Å². The van der Waals surface area contributed by atoms with Crippen molar-refractivity contribution in [2.45, 2.75) is 18.2 Å². The minimum atomic E-state index is -3.78. The summed E-state index contributed by atoms with van der Waals surface area (Å²) in [4.78, 5) is 0.116. The first kappa shape index (κ1) is 23.2. The van der Waals surface area contributed by atoms with E-state index >= 15 is 0 Å². The van der Waals surface area contributed by atoms with Crippen LogP contribution in [0.3, 0.4) is 0 Å². The molecule has 0 unspecified atom stereocenters. The summed E-state index contributed by atoms with van der Waals surface area (Å²) in [5.74, 6) is 0.563. The lowest BCUT2D eigenvalue weighted by molar-refractivity contribution is 0.601. The number of benzene rings is 3. The van der Waals surface area contributed by atoms with Crippen molar-refractivity contribution in [2.75, 3.05) is 10.0 Å². The average molecular weight is 523 g/mol. The molecule has 0 amide bonds. The summed E-state index contributed by atoms with van der Waals surface area (Å²) in [6.45, 7) is 1.93. The van der Waals surface area contributed by atoms with Gasteiger partial charge in [-0.05, 0) is 42.8 Å². The van der Waals surface area contributed by atoms with E-state index in [9.17, 15) is 8.42 Å². The summed E-state index contributed by atoms with van der Waals surface area (Å²) >= 11 is 7.24. The predicted molar refractivity (Wildman–Crippen MR) is 140 cm³/mol. The third kappa shape index (κ3) is 4.95. The van der Waals surface area contributed by atoms with Gasteiger partial charge in [-0.2, -0.15) is 0 Å². The molecule has 5 rings (SSSR count). The van der Waals surface area contributed by atoms with Crippen molar-refractivity contribution in [3.8, 4) is 11.3 Å². The molecule has 0 atom stereocenters. The highest BCUT2D eigenvalue weighted by Crippen LogP contribution is 2.32. The highest BCUT2D eigenvalue weighted by Gasteiger charge is 2.17. The SMILES string of the molecule is CCc1nnc(NS(=O)(=O)c2ccc(Nc3nnc(-c4ccc(Cl)cc4)c4ccccc34)cc2)s1. The fourth-order valence-electron chi connectivity index (χ4n) is 3.48. The summed E-state index contributed by atoms with van der Waals surface area (Å²) in [7, 11) is -3.78. The van der Waals surface area contributed by atoms with Crippen molar-refractivity contribution in [1.29, 1.82) is 0 Å². The Morgan fingerprint density at radius 3 is 2.26 bits per heavy atom. The number of sulfonamides is 1. The third-order valence-corrected chi connectivity index (χ3v) is 7.94. The van der Waals surface area contributed by atoms with Crippen molar-refractivity contribution >= 4 is 60.4 Å². The second kappa shape index (κ2) is 9.57. The Bertz CT molecular complexity index is 1600. The third-order valence-electron chi connectivity index (χ3n) is 5.22. The molecular weight excluding hydrogens is 504 g/mol. The molecule has 2 N–H and O–H groups in total. The van der Waals surface area contributed by atoms with Gasteiger partial charge in [0, 0.05) is 27.0 Å². The maximum absolute atomic E-state index is 12.7. The van der Waals surface area contributed by atoms with Gasteiger partial charge in [-0.25, -0.2) is 8.42 Å². The van der Waals surface area contributed by atoms with Crippen LogP contribution in [-0.2, 0) is 16.4 Å². The second-order valence-corrected chi connectivity index (χ2v) is 10.7. The summed E-state index contributed by atoms with van der Waals surface area (Å²) in [5, 5.41) is 23.4. The molecule has 0 fully saturated rings.